The van der Waals surface area contributed by atoms with Crippen molar-refractivity contribution in [2.24, 2.45) is 0 Å². The Balaban J connectivity index is 2.31. The zero-order valence-corrected chi connectivity index (χ0v) is 10.0. The van der Waals surface area contributed by atoms with Gasteiger partial charge in [-0.1, -0.05) is 29.8 Å². The van der Waals surface area contributed by atoms with Crippen molar-refractivity contribution in [3.63, 3.8) is 0 Å². The fourth-order valence-electron chi connectivity index (χ4n) is 1.91. The topological polar surface area (TPSA) is 30.2 Å². The number of hydrogen-bond acceptors (Lipinski definition) is 2. The van der Waals surface area contributed by atoms with Gasteiger partial charge in [0.1, 0.15) is 0 Å². The molecule has 3 nitrogen and oxygen atoms in total. The molecule has 4 heteroatoms. The van der Waals surface area contributed by atoms with Crippen molar-refractivity contribution in [3.05, 3.63) is 53.2 Å². The number of benzene rings is 1. The lowest BCUT2D eigenvalue weighted by atomic mass is 10.2. The summed E-state index contributed by atoms with van der Waals surface area (Å²) >= 11 is 6.00. The first-order valence-corrected chi connectivity index (χ1v) is 5.70. The van der Waals surface area contributed by atoms with Crippen LogP contribution >= 0.6 is 11.6 Å². The minimum Gasteiger partial charge on any atom is -0.280 e. The molecule has 17 heavy (non-hydrogen) atoms. The SMILES string of the molecule is Cc1cccc2nnc(-c3cccc(Cl)c3)n12. The lowest BCUT2D eigenvalue weighted by Gasteiger charge is -2.03. The van der Waals surface area contributed by atoms with E-state index in [9.17, 15) is 0 Å². The molecule has 0 aliphatic carbocycles. The second-order valence-electron chi connectivity index (χ2n) is 3.89. The van der Waals surface area contributed by atoms with E-state index < -0.39 is 0 Å². The minimum atomic E-state index is 0.702. The van der Waals surface area contributed by atoms with E-state index in [4.69, 9.17) is 11.6 Å². The van der Waals surface area contributed by atoms with Crippen molar-refractivity contribution in [2.75, 3.05) is 0 Å². The van der Waals surface area contributed by atoms with Crippen LogP contribution in [-0.2, 0) is 0 Å². The lowest BCUT2D eigenvalue weighted by Crippen LogP contribution is -1.93. The third-order valence-corrected chi connectivity index (χ3v) is 2.94. The third-order valence-electron chi connectivity index (χ3n) is 2.71. The van der Waals surface area contributed by atoms with E-state index in [1.54, 1.807) is 0 Å². The minimum absolute atomic E-state index is 0.702. The second-order valence-corrected chi connectivity index (χ2v) is 4.33. The normalized spacial score (nSPS) is 10.9. The molecular formula is C13H10ClN3. The monoisotopic (exact) mass is 243 g/mol. The fourth-order valence-corrected chi connectivity index (χ4v) is 2.10. The van der Waals surface area contributed by atoms with E-state index in [0.29, 0.717) is 5.02 Å². The van der Waals surface area contributed by atoms with Gasteiger partial charge in [0.15, 0.2) is 11.5 Å². The van der Waals surface area contributed by atoms with Gasteiger partial charge in [-0.15, -0.1) is 10.2 Å². The van der Waals surface area contributed by atoms with Gasteiger partial charge < -0.3 is 0 Å². The maximum absolute atomic E-state index is 6.00. The first-order valence-electron chi connectivity index (χ1n) is 5.32. The predicted octanol–water partition coefficient (Wildman–Crippen LogP) is 3.36. The molecule has 1 aromatic carbocycles. The van der Waals surface area contributed by atoms with E-state index in [1.807, 2.05) is 53.8 Å². The quantitative estimate of drug-likeness (QED) is 0.656. The van der Waals surface area contributed by atoms with Crippen LogP contribution in [0.2, 0.25) is 5.02 Å². The summed E-state index contributed by atoms with van der Waals surface area (Å²) in [6.07, 6.45) is 0. The van der Waals surface area contributed by atoms with Gasteiger partial charge in [-0.25, -0.2) is 0 Å². The van der Waals surface area contributed by atoms with E-state index in [-0.39, 0.29) is 0 Å². The number of hydrogen-bond donors (Lipinski definition) is 0. The first-order chi connectivity index (χ1) is 8.25. The molecule has 0 saturated carbocycles. The Hall–Kier alpha value is -1.87. The zero-order chi connectivity index (χ0) is 11.8. The third kappa shape index (κ3) is 1.68. The summed E-state index contributed by atoms with van der Waals surface area (Å²) in [5, 5.41) is 9.08. The molecular weight excluding hydrogens is 234 g/mol. The number of rotatable bonds is 1. The van der Waals surface area contributed by atoms with Crippen LogP contribution in [0.5, 0.6) is 0 Å². The van der Waals surface area contributed by atoms with Crippen LogP contribution in [-0.4, -0.2) is 14.6 Å². The van der Waals surface area contributed by atoms with E-state index in [0.717, 1.165) is 22.7 Å². The van der Waals surface area contributed by atoms with Crippen LogP contribution in [0.25, 0.3) is 17.0 Å². The summed E-state index contributed by atoms with van der Waals surface area (Å²) in [5.74, 6) is 0.820. The Morgan fingerprint density at radius 1 is 1.06 bits per heavy atom. The molecule has 0 fully saturated rings. The van der Waals surface area contributed by atoms with Gasteiger partial charge >= 0.3 is 0 Å². The van der Waals surface area contributed by atoms with Crippen LogP contribution < -0.4 is 0 Å². The Morgan fingerprint density at radius 2 is 1.88 bits per heavy atom. The molecule has 2 heterocycles. The zero-order valence-electron chi connectivity index (χ0n) is 9.26. The molecule has 0 N–H and O–H groups in total. The van der Waals surface area contributed by atoms with Gasteiger partial charge in [-0.2, -0.15) is 0 Å². The van der Waals surface area contributed by atoms with Crippen LogP contribution in [0.1, 0.15) is 5.69 Å². The second kappa shape index (κ2) is 3.86. The van der Waals surface area contributed by atoms with Crippen LogP contribution in [0.4, 0.5) is 0 Å². The summed E-state index contributed by atoms with van der Waals surface area (Å²) in [5.41, 5.74) is 2.92. The van der Waals surface area contributed by atoms with Gasteiger partial charge in [0, 0.05) is 16.3 Å². The van der Waals surface area contributed by atoms with Crippen LogP contribution in [0, 0.1) is 6.92 Å². The van der Waals surface area contributed by atoms with Gasteiger partial charge in [0.05, 0.1) is 0 Å². The van der Waals surface area contributed by atoms with Crippen LogP contribution in [0.3, 0.4) is 0 Å². The fraction of sp³-hybridized carbons (Fsp3) is 0.0769. The maximum Gasteiger partial charge on any atom is 0.168 e. The van der Waals surface area contributed by atoms with E-state index in [2.05, 4.69) is 10.2 Å². The first kappa shape index (κ1) is 10.3. The van der Waals surface area contributed by atoms with Gasteiger partial charge in [0.2, 0.25) is 0 Å². The molecule has 3 rings (SSSR count). The molecule has 0 bridgehead atoms. The number of halogens is 1. The number of aromatic nitrogens is 3. The number of nitrogens with zero attached hydrogens (tertiary/aromatic N) is 3. The lowest BCUT2D eigenvalue weighted by molar-refractivity contribution is 1.08. The Labute approximate surface area is 104 Å². The Morgan fingerprint density at radius 3 is 2.71 bits per heavy atom. The van der Waals surface area contributed by atoms with Crippen molar-refractivity contribution in [1.82, 2.24) is 14.6 Å². The van der Waals surface area contributed by atoms with Crippen molar-refractivity contribution < 1.29 is 0 Å². The summed E-state index contributed by atoms with van der Waals surface area (Å²) < 4.78 is 2.02. The highest BCUT2D eigenvalue weighted by Crippen LogP contribution is 2.22. The molecule has 0 saturated heterocycles. The highest BCUT2D eigenvalue weighted by molar-refractivity contribution is 6.30. The summed E-state index contributed by atoms with van der Waals surface area (Å²) in [6, 6.07) is 13.6. The standard InChI is InChI=1S/C13H10ClN3/c1-9-4-2-7-12-15-16-13(17(9)12)10-5-3-6-11(14)8-10/h2-8H,1H3. The summed E-state index contributed by atoms with van der Waals surface area (Å²) in [4.78, 5) is 0. The smallest absolute Gasteiger partial charge is 0.168 e. The molecule has 0 radical (unpaired) electrons. The van der Waals surface area contributed by atoms with Crippen molar-refractivity contribution in [1.29, 1.82) is 0 Å². The molecule has 84 valence electrons. The highest BCUT2D eigenvalue weighted by Gasteiger charge is 2.09. The average Bonchev–Trinajstić information content (AvgIpc) is 2.74. The molecule has 2 aromatic heterocycles. The summed E-state index contributed by atoms with van der Waals surface area (Å²) in [6.45, 7) is 2.03. The average molecular weight is 244 g/mol. The molecule has 0 aliphatic rings. The van der Waals surface area contributed by atoms with Crippen LogP contribution in [0.15, 0.2) is 42.5 Å². The predicted molar refractivity (Wildman–Crippen MR) is 68.2 cm³/mol. The number of fused-ring (bicyclic) bond motifs is 1. The molecule has 3 aromatic rings. The number of pyridine rings is 1. The Bertz CT molecular complexity index is 688. The van der Waals surface area contributed by atoms with E-state index in [1.165, 1.54) is 0 Å². The van der Waals surface area contributed by atoms with E-state index >= 15 is 0 Å². The van der Waals surface area contributed by atoms with Crippen molar-refractivity contribution in [2.45, 2.75) is 6.92 Å². The molecule has 0 aliphatic heterocycles. The summed E-state index contributed by atoms with van der Waals surface area (Å²) in [7, 11) is 0. The highest BCUT2D eigenvalue weighted by atomic mass is 35.5. The van der Waals surface area contributed by atoms with Crippen molar-refractivity contribution in [3.8, 4) is 11.4 Å². The van der Waals surface area contributed by atoms with Gasteiger partial charge in [-0.05, 0) is 31.2 Å². The molecule has 0 atom stereocenters. The largest absolute Gasteiger partial charge is 0.280 e. The number of aryl methyl sites for hydroxylation is 1. The van der Waals surface area contributed by atoms with Gasteiger partial charge in [0.25, 0.3) is 0 Å². The molecule has 0 spiro atoms. The molecule has 0 amide bonds. The molecule has 0 unspecified atom stereocenters. The van der Waals surface area contributed by atoms with Crippen molar-refractivity contribution >= 4 is 17.2 Å². The van der Waals surface area contributed by atoms with Gasteiger partial charge in [-0.3, -0.25) is 4.40 Å². The maximum atomic E-state index is 6.00. The Kier molecular flexibility index (Phi) is 2.34.